The van der Waals surface area contributed by atoms with E-state index in [2.05, 4.69) is 10.5 Å². The maximum Gasteiger partial charge on any atom is 0.271 e. The van der Waals surface area contributed by atoms with Crippen molar-refractivity contribution in [3.05, 3.63) is 63.7 Å². The molecule has 0 aliphatic heterocycles. The van der Waals surface area contributed by atoms with Crippen molar-refractivity contribution >= 4 is 23.7 Å². The van der Waals surface area contributed by atoms with Gasteiger partial charge in [0.25, 0.3) is 5.91 Å². The number of nitrogens with zero attached hydrogens (tertiary/aromatic N) is 1. The first kappa shape index (κ1) is 16.0. The Hall–Kier alpha value is -2.33. The molecule has 0 heterocycles. The SMILES string of the molecule is COc1ccc(/C=N/NC(=O)c2ccc(Cl)cc2)c(C)c1C. The minimum absolute atomic E-state index is 0.282. The Bertz CT molecular complexity index is 709. The van der Waals surface area contributed by atoms with Crippen LogP contribution in [0.1, 0.15) is 27.0 Å². The third kappa shape index (κ3) is 3.65. The molecule has 5 heteroatoms. The zero-order chi connectivity index (χ0) is 16.1. The molecule has 0 aromatic heterocycles. The lowest BCUT2D eigenvalue weighted by molar-refractivity contribution is 0.0955. The Morgan fingerprint density at radius 2 is 1.82 bits per heavy atom. The smallest absolute Gasteiger partial charge is 0.271 e. The van der Waals surface area contributed by atoms with Gasteiger partial charge in [-0.15, -0.1) is 0 Å². The average molecular weight is 317 g/mol. The van der Waals surface area contributed by atoms with Gasteiger partial charge in [0.1, 0.15) is 5.75 Å². The number of carbonyl (C=O) groups excluding carboxylic acids is 1. The molecule has 0 atom stereocenters. The summed E-state index contributed by atoms with van der Waals surface area (Å²) in [5.74, 6) is 0.552. The molecule has 2 rings (SSSR count). The largest absolute Gasteiger partial charge is 0.496 e. The summed E-state index contributed by atoms with van der Waals surface area (Å²) in [6.45, 7) is 3.97. The number of carbonyl (C=O) groups is 1. The van der Waals surface area contributed by atoms with E-state index in [-0.39, 0.29) is 5.91 Å². The summed E-state index contributed by atoms with van der Waals surface area (Å²) in [6, 6.07) is 10.4. The van der Waals surface area contributed by atoms with Crippen molar-refractivity contribution in [1.29, 1.82) is 0 Å². The van der Waals surface area contributed by atoms with Gasteiger partial charge in [-0.05, 0) is 66.9 Å². The number of amides is 1. The standard InChI is InChI=1S/C17H17ClN2O2/c1-11-12(2)16(22-3)9-6-14(11)10-19-20-17(21)13-4-7-15(18)8-5-13/h4-10H,1-3H3,(H,20,21)/b19-10+. The summed E-state index contributed by atoms with van der Waals surface area (Å²) in [4.78, 5) is 11.9. The molecular weight excluding hydrogens is 300 g/mol. The lowest BCUT2D eigenvalue weighted by Gasteiger charge is -2.09. The molecule has 0 aliphatic rings. The molecular formula is C17H17ClN2O2. The highest BCUT2D eigenvalue weighted by atomic mass is 35.5. The topological polar surface area (TPSA) is 50.7 Å². The molecule has 4 nitrogen and oxygen atoms in total. The molecule has 22 heavy (non-hydrogen) atoms. The average Bonchev–Trinajstić information content (AvgIpc) is 2.52. The molecule has 1 amide bonds. The van der Waals surface area contributed by atoms with Gasteiger partial charge >= 0.3 is 0 Å². The van der Waals surface area contributed by atoms with Crippen LogP contribution in [0.2, 0.25) is 5.02 Å². The van der Waals surface area contributed by atoms with Gasteiger partial charge in [0.05, 0.1) is 13.3 Å². The minimum atomic E-state index is -0.282. The lowest BCUT2D eigenvalue weighted by atomic mass is 10.0. The van der Waals surface area contributed by atoms with Gasteiger partial charge in [-0.3, -0.25) is 4.79 Å². The third-order valence-corrected chi connectivity index (χ3v) is 3.73. The molecule has 114 valence electrons. The van der Waals surface area contributed by atoms with E-state index in [1.807, 2.05) is 26.0 Å². The van der Waals surface area contributed by atoms with Crippen molar-refractivity contribution in [3.63, 3.8) is 0 Å². The molecule has 2 aromatic carbocycles. The summed E-state index contributed by atoms with van der Waals surface area (Å²) in [7, 11) is 1.64. The van der Waals surface area contributed by atoms with Gasteiger partial charge in [-0.2, -0.15) is 5.10 Å². The molecule has 0 fully saturated rings. The van der Waals surface area contributed by atoms with Crippen LogP contribution in [0.5, 0.6) is 5.75 Å². The monoisotopic (exact) mass is 316 g/mol. The Morgan fingerprint density at radius 3 is 2.45 bits per heavy atom. The van der Waals surface area contributed by atoms with E-state index < -0.39 is 0 Å². The van der Waals surface area contributed by atoms with E-state index in [1.165, 1.54) is 0 Å². The highest BCUT2D eigenvalue weighted by Crippen LogP contribution is 2.22. The fraction of sp³-hybridized carbons (Fsp3) is 0.176. The first-order chi connectivity index (χ1) is 10.5. The van der Waals surface area contributed by atoms with Gasteiger partial charge < -0.3 is 4.74 Å². The Balaban J connectivity index is 2.08. The van der Waals surface area contributed by atoms with Crippen molar-refractivity contribution in [2.45, 2.75) is 13.8 Å². The molecule has 0 unspecified atom stereocenters. The number of halogens is 1. The van der Waals surface area contributed by atoms with Crippen LogP contribution >= 0.6 is 11.6 Å². The maximum absolute atomic E-state index is 11.9. The van der Waals surface area contributed by atoms with Crippen LogP contribution in [-0.4, -0.2) is 19.2 Å². The third-order valence-electron chi connectivity index (χ3n) is 3.48. The van der Waals surface area contributed by atoms with Crippen molar-refractivity contribution in [3.8, 4) is 5.75 Å². The summed E-state index contributed by atoms with van der Waals surface area (Å²) in [6.07, 6.45) is 1.62. The van der Waals surface area contributed by atoms with Crippen LogP contribution in [0.3, 0.4) is 0 Å². The predicted octanol–water partition coefficient (Wildman–Crippen LogP) is 3.73. The molecule has 1 N–H and O–H groups in total. The zero-order valence-electron chi connectivity index (χ0n) is 12.7. The van der Waals surface area contributed by atoms with Crippen LogP contribution in [0, 0.1) is 13.8 Å². The quantitative estimate of drug-likeness (QED) is 0.690. The van der Waals surface area contributed by atoms with E-state index in [0.717, 1.165) is 22.4 Å². The van der Waals surface area contributed by atoms with E-state index in [0.29, 0.717) is 10.6 Å². The molecule has 0 bridgehead atoms. The fourth-order valence-corrected chi connectivity index (χ4v) is 2.13. The molecule has 0 aliphatic carbocycles. The number of methoxy groups -OCH3 is 1. The van der Waals surface area contributed by atoms with E-state index >= 15 is 0 Å². The predicted molar refractivity (Wildman–Crippen MR) is 89.0 cm³/mol. The van der Waals surface area contributed by atoms with Gasteiger partial charge in [-0.25, -0.2) is 5.43 Å². The molecule has 2 aromatic rings. The van der Waals surface area contributed by atoms with E-state index in [4.69, 9.17) is 16.3 Å². The minimum Gasteiger partial charge on any atom is -0.496 e. The maximum atomic E-state index is 11.9. The Kier molecular flexibility index (Phi) is 5.17. The fourth-order valence-electron chi connectivity index (χ4n) is 2.00. The van der Waals surface area contributed by atoms with Gasteiger partial charge in [0.2, 0.25) is 0 Å². The van der Waals surface area contributed by atoms with Crippen molar-refractivity contribution in [1.82, 2.24) is 5.43 Å². The summed E-state index contributed by atoms with van der Waals surface area (Å²) >= 11 is 5.79. The second-order valence-electron chi connectivity index (χ2n) is 4.81. The molecule has 0 radical (unpaired) electrons. The van der Waals surface area contributed by atoms with Crippen molar-refractivity contribution in [2.75, 3.05) is 7.11 Å². The van der Waals surface area contributed by atoms with Crippen LogP contribution < -0.4 is 10.2 Å². The number of rotatable bonds is 4. The van der Waals surface area contributed by atoms with Gasteiger partial charge in [-0.1, -0.05) is 11.6 Å². The van der Waals surface area contributed by atoms with Crippen molar-refractivity contribution in [2.24, 2.45) is 5.10 Å². The van der Waals surface area contributed by atoms with Gasteiger partial charge in [0.15, 0.2) is 0 Å². The molecule has 0 saturated heterocycles. The Labute approximate surface area is 134 Å². The van der Waals surface area contributed by atoms with Crippen LogP contribution in [0.25, 0.3) is 0 Å². The number of hydrogen-bond acceptors (Lipinski definition) is 3. The summed E-state index contributed by atoms with van der Waals surface area (Å²) in [5.41, 5.74) is 6.04. The second-order valence-corrected chi connectivity index (χ2v) is 5.25. The van der Waals surface area contributed by atoms with E-state index in [9.17, 15) is 4.79 Å². The number of hydrogen-bond donors (Lipinski definition) is 1. The lowest BCUT2D eigenvalue weighted by Crippen LogP contribution is -2.17. The van der Waals surface area contributed by atoms with Crippen molar-refractivity contribution < 1.29 is 9.53 Å². The van der Waals surface area contributed by atoms with Crippen LogP contribution in [0.4, 0.5) is 0 Å². The Morgan fingerprint density at radius 1 is 1.14 bits per heavy atom. The summed E-state index contributed by atoms with van der Waals surface area (Å²) < 4.78 is 5.27. The van der Waals surface area contributed by atoms with Gasteiger partial charge in [0, 0.05) is 10.6 Å². The number of benzene rings is 2. The first-order valence-corrected chi connectivity index (χ1v) is 7.14. The van der Waals surface area contributed by atoms with E-state index in [1.54, 1.807) is 37.6 Å². The molecule has 0 spiro atoms. The first-order valence-electron chi connectivity index (χ1n) is 6.76. The highest BCUT2D eigenvalue weighted by Gasteiger charge is 2.06. The number of ether oxygens (including phenoxy) is 1. The number of hydrazone groups is 1. The zero-order valence-corrected chi connectivity index (χ0v) is 13.4. The second kappa shape index (κ2) is 7.09. The van der Waals surface area contributed by atoms with Crippen LogP contribution in [0.15, 0.2) is 41.5 Å². The number of nitrogens with one attached hydrogen (secondary N) is 1. The highest BCUT2D eigenvalue weighted by molar-refractivity contribution is 6.30. The normalized spacial score (nSPS) is 10.7. The van der Waals surface area contributed by atoms with Crippen LogP contribution in [-0.2, 0) is 0 Å². The summed E-state index contributed by atoms with van der Waals surface area (Å²) in [5, 5.41) is 4.59. The molecule has 0 saturated carbocycles.